The molecule has 0 saturated heterocycles. The molecule has 0 saturated carbocycles. The Labute approximate surface area is 301 Å². The minimum atomic E-state index is -0.610. The third kappa shape index (κ3) is 4.67. The number of para-hydroxylation sites is 1. The zero-order chi connectivity index (χ0) is 41.7. The van der Waals surface area contributed by atoms with Crippen molar-refractivity contribution in [3.8, 4) is 51.0 Å². The summed E-state index contributed by atoms with van der Waals surface area (Å²) in [5.74, 6) is -0.676. The Kier molecular flexibility index (Phi) is 4.52. The molecule has 0 atom stereocenters. The van der Waals surface area contributed by atoms with Gasteiger partial charge in [0.05, 0.1) is 24.7 Å². The molecule has 0 amide bonds. The van der Waals surface area contributed by atoms with Crippen molar-refractivity contribution in [2.75, 3.05) is 0 Å². The summed E-state index contributed by atoms with van der Waals surface area (Å²) in [5, 5.41) is 3.81. The summed E-state index contributed by atoms with van der Waals surface area (Å²) < 4.78 is 92.9. The van der Waals surface area contributed by atoms with Gasteiger partial charge in [0, 0.05) is 50.0 Å². The summed E-state index contributed by atoms with van der Waals surface area (Å²) in [7, 11) is 0. The van der Waals surface area contributed by atoms with E-state index in [2.05, 4.69) is 37.7 Å². The first-order valence-electron chi connectivity index (χ1n) is 20.9. The lowest BCUT2D eigenvalue weighted by Gasteiger charge is -2.10. The second-order valence-corrected chi connectivity index (χ2v) is 11.8. The van der Waals surface area contributed by atoms with Crippen LogP contribution in [0.5, 0.6) is 0 Å². The number of rotatable bonds is 5. The van der Waals surface area contributed by atoms with E-state index >= 15 is 0 Å². The van der Waals surface area contributed by atoms with E-state index in [1.54, 1.807) is 6.07 Å². The molecule has 7 aromatic carbocycles. The molecule has 10 rings (SSSR count). The van der Waals surface area contributed by atoms with Gasteiger partial charge in [-0.2, -0.15) is 0 Å². The SMILES string of the molecule is [2H]c1c([2H])c([2H])c(-c2nc(-c3ccc4c5ccccc5n(-c5ccc6c(c5)oc5ccc(-c7ccccc7)cc56)c4c3)nc(-c3c([2H])c([2H])c([2H])c([2H])c3[2H])n2)c([2H])c1[2H]. The molecule has 50 heavy (non-hydrogen) atoms. The number of hydrogen-bond acceptors (Lipinski definition) is 4. The van der Waals surface area contributed by atoms with Gasteiger partial charge in [-0.3, -0.25) is 0 Å². The molecule has 0 radical (unpaired) electrons. The van der Waals surface area contributed by atoms with E-state index in [0.29, 0.717) is 11.1 Å². The normalized spacial score (nSPS) is 14.4. The van der Waals surface area contributed by atoms with Crippen LogP contribution in [0.15, 0.2) is 174 Å². The van der Waals surface area contributed by atoms with Crippen molar-refractivity contribution >= 4 is 43.7 Å². The molecule has 0 aliphatic rings. The minimum Gasteiger partial charge on any atom is -0.456 e. The lowest BCUT2D eigenvalue weighted by atomic mass is 10.0. The fraction of sp³-hybridized carbons (Fsp3) is 0. The monoisotopic (exact) mass is 650 g/mol. The van der Waals surface area contributed by atoms with Gasteiger partial charge in [-0.25, -0.2) is 15.0 Å². The second kappa shape index (κ2) is 11.4. The summed E-state index contributed by atoms with van der Waals surface area (Å²) in [6.45, 7) is 0. The molecule has 3 heterocycles. The Balaban J connectivity index is 1.20. The maximum atomic E-state index is 8.70. The van der Waals surface area contributed by atoms with Gasteiger partial charge < -0.3 is 8.98 Å². The first kappa shape index (κ1) is 19.8. The van der Waals surface area contributed by atoms with E-state index in [-0.39, 0.29) is 28.6 Å². The van der Waals surface area contributed by atoms with Crippen LogP contribution in [0.1, 0.15) is 13.7 Å². The summed E-state index contributed by atoms with van der Waals surface area (Å²) in [4.78, 5) is 13.7. The van der Waals surface area contributed by atoms with Crippen molar-refractivity contribution in [3.05, 3.63) is 170 Å². The van der Waals surface area contributed by atoms with Crippen molar-refractivity contribution in [2.45, 2.75) is 0 Å². The molecule has 0 spiro atoms. The molecule has 0 unspecified atom stereocenters. The van der Waals surface area contributed by atoms with Gasteiger partial charge in [-0.15, -0.1) is 0 Å². The number of furan rings is 1. The summed E-state index contributed by atoms with van der Waals surface area (Å²) in [6, 6.07) is 29.9. The Morgan fingerprint density at radius 1 is 0.420 bits per heavy atom. The summed E-state index contributed by atoms with van der Waals surface area (Å²) >= 11 is 0. The molecule has 0 bridgehead atoms. The van der Waals surface area contributed by atoms with Crippen LogP contribution >= 0.6 is 0 Å². The molecule has 0 fully saturated rings. The summed E-state index contributed by atoms with van der Waals surface area (Å²) in [6.07, 6.45) is 0. The van der Waals surface area contributed by atoms with Crippen LogP contribution in [0, 0.1) is 0 Å². The largest absolute Gasteiger partial charge is 0.456 e. The fourth-order valence-electron chi connectivity index (χ4n) is 6.56. The fourth-order valence-corrected chi connectivity index (χ4v) is 6.56. The van der Waals surface area contributed by atoms with E-state index in [1.165, 1.54) is 0 Å². The highest BCUT2D eigenvalue weighted by Crippen LogP contribution is 2.38. The first-order valence-corrected chi connectivity index (χ1v) is 15.9. The summed E-state index contributed by atoms with van der Waals surface area (Å²) in [5.41, 5.74) is 5.86. The first-order chi connectivity index (χ1) is 28.9. The average molecular weight is 651 g/mol. The molecule has 3 aromatic heterocycles. The van der Waals surface area contributed by atoms with Crippen molar-refractivity contribution in [1.82, 2.24) is 19.5 Å². The number of fused-ring (bicyclic) bond motifs is 6. The van der Waals surface area contributed by atoms with Crippen LogP contribution in [0.3, 0.4) is 0 Å². The smallest absolute Gasteiger partial charge is 0.164 e. The highest BCUT2D eigenvalue weighted by Gasteiger charge is 2.18. The zero-order valence-electron chi connectivity index (χ0n) is 36.1. The van der Waals surface area contributed by atoms with E-state index < -0.39 is 60.4 Å². The number of nitrogens with zero attached hydrogens (tertiary/aromatic N) is 4. The van der Waals surface area contributed by atoms with Crippen LogP contribution in [0.25, 0.3) is 94.7 Å². The molecule has 0 N–H and O–H groups in total. The van der Waals surface area contributed by atoms with Gasteiger partial charge >= 0.3 is 0 Å². The van der Waals surface area contributed by atoms with Crippen molar-refractivity contribution in [2.24, 2.45) is 0 Å². The molecule has 10 aromatic rings. The van der Waals surface area contributed by atoms with Crippen LogP contribution in [-0.2, 0) is 0 Å². The molecule has 0 aliphatic carbocycles. The van der Waals surface area contributed by atoms with Crippen LogP contribution < -0.4 is 0 Å². The lowest BCUT2D eigenvalue weighted by Crippen LogP contribution is -2.00. The predicted octanol–water partition coefficient (Wildman–Crippen LogP) is 11.5. The van der Waals surface area contributed by atoms with Crippen molar-refractivity contribution in [1.29, 1.82) is 0 Å². The Hall–Kier alpha value is -6.85. The van der Waals surface area contributed by atoms with Crippen LogP contribution in [0.2, 0.25) is 0 Å². The van der Waals surface area contributed by atoms with E-state index in [1.807, 2.05) is 84.9 Å². The quantitative estimate of drug-likeness (QED) is 0.186. The van der Waals surface area contributed by atoms with Crippen molar-refractivity contribution in [3.63, 3.8) is 0 Å². The maximum absolute atomic E-state index is 8.70. The molecule has 0 aliphatic heterocycles. The Morgan fingerprint density at radius 3 is 1.78 bits per heavy atom. The van der Waals surface area contributed by atoms with E-state index in [4.69, 9.17) is 18.1 Å². The number of benzene rings is 7. The third-order valence-electron chi connectivity index (χ3n) is 8.83. The lowest BCUT2D eigenvalue weighted by molar-refractivity contribution is 0.668. The van der Waals surface area contributed by atoms with Gasteiger partial charge in [-0.1, -0.05) is 127 Å². The standard InChI is InChI=1S/C45H28N4O/c1-4-12-29(13-5-1)32-21-25-41-38(26-32)37-24-22-34(28-42(37)50-41)49-39-19-11-10-18-35(39)36-23-20-33(27-40(36)49)45-47-43(30-14-6-2-7-15-30)46-44(48-45)31-16-8-3-9-17-31/h1-28H/i2D,3D,6D,7D,8D,9D,14D,15D,16D,17D. The second-order valence-electron chi connectivity index (χ2n) is 11.8. The third-order valence-corrected chi connectivity index (χ3v) is 8.83. The highest BCUT2D eigenvalue weighted by atomic mass is 16.3. The maximum Gasteiger partial charge on any atom is 0.164 e. The van der Waals surface area contributed by atoms with Gasteiger partial charge in [0.2, 0.25) is 0 Å². The number of hydrogen-bond donors (Lipinski definition) is 0. The molecule has 5 nitrogen and oxygen atoms in total. The molecular formula is C45H28N4O. The minimum absolute atomic E-state index is 0.0192. The molecular weight excluding hydrogens is 613 g/mol. The van der Waals surface area contributed by atoms with E-state index in [9.17, 15) is 0 Å². The topological polar surface area (TPSA) is 56.7 Å². The Morgan fingerprint density at radius 2 is 1.04 bits per heavy atom. The van der Waals surface area contributed by atoms with Crippen LogP contribution in [0.4, 0.5) is 0 Å². The van der Waals surface area contributed by atoms with Gasteiger partial charge in [0.25, 0.3) is 0 Å². The average Bonchev–Trinajstić information content (AvgIpc) is 3.81. The van der Waals surface area contributed by atoms with Gasteiger partial charge in [-0.05, 0) is 47.5 Å². The van der Waals surface area contributed by atoms with Gasteiger partial charge in [0.15, 0.2) is 17.5 Å². The highest BCUT2D eigenvalue weighted by molar-refractivity contribution is 6.11. The van der Waals surface area contributed by atoms with Gasteiger partial charge in [0.1, 0.15) is 11.2 Å². The Bertz CT molecular complexity index is 3310. The molecule has 5 heteroatoms. The molecule has 234 valence electrons. The predicted molar refractivity (Wildman–Crippen MR) is 203 cm³/mol. The van der Waals surface area contributed by atoms with E-state index in [0.717, 1.165) is 55.0 Å². The number of aromatic nitrogens is 4. The van der Waals surface area contributed by atoms with Crippen LogP contribution in [-0.4, -0.2) is 19.5 Å². The zero-order valence-corrected chi connectivity index (χ0v) is 26.1. The van der Waals surface area contributed by atoms with Crippen molar-refractivity contribution < 1.29 is 18.1 Å².